The van der Waals surface area contributed by atoms with E-state index in [0.717, 1.165) is 29.7 Å². The van der Waals surface area contributed by atoms with Crippen molar-refractivity contribution in [1.82, 2.24) is 0 Å². The Morgan fingerprint density at radius 3 is 2.63 bits per heavy atom. The number of hydrogen-bond acceptors (Lipinski definition) is 7. The molecule has 1 aliphatic carbocycles. The summed E-state index contributed by atoms with van der Waals surface area (Å²) in [4.78, 5) is 37.8. The summed E-state index contributed by atoms with van der Waals surface area (Å²) in [6, 6.07) is 5.32. The molecule has 1 N–H and O–H groups in total. The molecule has 0 saturated carbocycles. The second-order valence-electron chi connectivity index (χ2n) is 6.28. The molecular weight excluding hydrogens is 420 g/mol. The van der Waals surface area contributed by atoms with Gasteiger partial charge in [0.2, 0.25) is 0 Å². The molecule has 1 heterocycles. The maximum atomic E-state index is 12.5. The number of fused-ring (bicyclic) bond motifs is 1. The van der Waals surface area contributed by atoms with E-state index in [-0.39, 0.29) is 17.9 Å². The largest absolute Gasteiger partial charge is 0.462 e. The van der Waals surface area contributed by atoms with Crippen molar-refractivity contribution < 1.29 is 37.4 Å². The summed E-state index contributed by atoms with van der Waals surface area (Å²) in [6.07, 6.45) is 2.48. The first-order valence-corrected chi connectivity index (χ1v) is 10.0. The molecule has 3 rings (SSSR count). The highest BCUT2D eigenvalue weighted by Gasteiger charge is 2.28. The minimum atomic E-state index is -3.11. The predicted molar refractivity (Wildman–Crippen MR) is 104 cm³/mol. The number of carbonyl (C=O) groups is 3. The molecule has 0 radical (unpaired) electrons. The van der Waals surface area contributed by atoms with E-state index in [1.165, 1.54) is 35.6 Å². The second-order valence-corrected chi connectivity index (χ2v) is 7.39. The number of hydrogen-bond donors (Lipinski definition) is 1. The average Bonchev–Trinajstić information content (AvgIpc) is 3.27. The van der Waals surface area contributed by atoms with Crippen molar-refractivity contribution in [2.24, 2.45) is 0 Å². The van der Waals surface area contributed by atoms with Crippen LogP contribution in [0.5, 0.6) is 5.75 Å². The first-order valence-electron chi connectivity index (χ1n) is 9.23. The van der Waals surface area contributed by atoms with Crippen LogP contribution >= 0.6 is 11.3 Å². The minimum Gasteiger partial charge on any atom is -0.462 e. The van der Waals surface area contributed by atoms with Crippen LogP contribution in [0.1, 0.15) is 44.5 Å². The lowest BCUT2D eigenvalue weighted by Crippen LogP contribution is -2.22. The fourth-order valence-electron chi connectivity index (χ4n) is 3.12. The van der Waals surface area contributed by atoms with Crippen LogP contribution in [0.2, 0.25) is 0 Å². The van der Waals surface area contributed by atoms with E-state index in [1.54, 1.807) is 6.92 Å². The van der Waals surface area contributed by atoms with E-state index in [0.29, 0.717) is 10.6 Å². The van der Waals surface area contributed by atoms with E-state index in [2.05, 4.69) is 10.1 Å². The van der Waals surface area contributed by atoms with Gasteiger partial charge in [-0.2, -0.15) is 8.78 Å². The van der Waals surface area contributed by atoms with Gasteiger partial charge in [0.15, 0.2) is 6.61 Å². The molecule has 0 bridgehead atoms. The number of anilines is 1. The van der Waals surface area contributed by atoms with E-state index >= 15 is 0 Å². The summed E-state index contributed by atoms with van der Waals surface area (Å²) in [6.45, 7) is -1.87. The number of halogens is 2. The Bertz CT molecular complexity index is 959. The van der Waals surface area contributed by atoms with Gasteiger partial charge in [0.25, 0.3) is 5.91 Å². The Hall–Kier alpha value is -3.01. The third-order valence-corrected chi connectivity index (χ3v) is 5.52. The van der Waals surface area contributed by atoms with Gasteiger partial charge in [-0.15, -0.1) is 11.3 Å². The standard InChI is InChI=1S/C20H19F2NO6S/c1-2-27-19(26)16-12-7-5-9-14(12)30-17(16)23-15(24)10-28-18(25)11-6-3-4-8-13(11)29-20(21)22/h3-4,6,8,20H,2,5,7,9-10H2,1H3,(H,23,24). The molecule has 1 amide bonds. The highest BCUT2D eigenvalue weighted by molar-refractivity contribution is 7.17. The van der Waals surface area contributed by atoms with Crippen molar-refractivity contribution in [3.63, 3.8) is 0 Å². The SMILES string of the molecule is CCOC(=O)c1c(NC(=O)COC(=O)c2ccccc2OC(F)F)sc2c1CCC2. The summed E-state index contributed by atoms with van der Waals surface area (Å²) >= 11 is 1.29. The molecule has 160 valence electrons. The molecule has 10 heteroatoms. The van der Waals surface area contributed by atoms with Crippen molar-refractivity contribution in [2.75, 3.05) is 18.5 Å². The van der Waals surface area contributed by atoms with Crippen molar-refractivity contribution >= 4 is 34.2 Å². The average molecular weight is 439 g/mol. The number of alkyl halides is 2. The van der Waals surface area contributed by atoms with Crippen molar-refractivity contribution in [1.29, 1.82) is 0 Å². The molecule has 0 atom stereocenters. The zero-order chi connectivity index (χ0) is 21.7. The number of rotatable bonds is 8. The van der Waals surface area contributed by atoms with Crippen LogP contribution in [0.4, 0.5) is 13.8 Å². The zero-order valence-corrected chi connectivity index (χ0v) is 16.9. The second kappa shape index (κ2) is 9.66. The monoisotopic (exact) mass is 439 g/mol. The molecule has 2 aromatic rings. The Morgan fingerprint density at radius 2 is 1.90 bits per heavy atom. The maximum absolute atomic E-state index is 12.5. The van der Waals surface area contributed by atoms with Crippen LogP contribution in [-0.2, 0) is 27.1 Å². The Kier molecular flexibility index (Phi) is 6.99. The summed E-state index contributed by atoms with van der Waals surface area (Å²) < 4.78 is 39.2. The fourth-order valence-corrected chi connectivity index (χ4v) is 4.41. The Labute approximate surface area is 174 Å². The smallest absolute Gasteiger partial charge is 0.387 e. The zero-order valence-electron chi connectivity index (χ0n) is 16.0. The summed E-state index contributed by atoms with van der Waals surface area (Å²) in [5.74, 6) is -2.51. The highest BCUT2D eigenvalue weighted by atomic mass is 32.1. The fraction of sp³-hybridized carbons (Fsp3) is 0.350. The third kappa shape index (κ3) is 4.93. The molecule has 1 aromatic carbocycles. The van der Waals surface area contributed by atoms with E-state index in [4.69, 9.17) is 9.47 Å². The first kappa shape index (κ1) is 21.7. The van der Waals surface area contributed by atoms with Gasteiger partial charge < -0.3 is 19.5 Å². The molecule has 0 spiro atoms. The van der Waals surface area contributed by atoms with Gasteiger partial charge in [0.1, 0.15) is 16.3 Å². The quantitative estimate of drug-likeness (QED) is 0.629. The summed E-state index contributed by atoms with van der Waals surface area (Å²) in [5, 5.41) is 2.93. The van der Waals surface area contributed by atoms with Crippen molar-refractivity contribution in [3.05, 3.63) is 45.8 Å². The van der Waals surface area contributed by atoms with Gasteiger partial charge in [-0.25, -0.2) is 9.59 Å². The lowest BCUT2D eigenvalue weighted by Gasteiger charge is -2.11. The van der Waals surface area contributed by atoms with Crippen LogP contribution < -0.4 is 10.1 Å². The van der Waals surface area contributed by atoms with E-state index in [9.17, 15) is 23.2 Å². The molecule has 0 fully saturated rings. The van der Waals surface area contributed by atoms with Crippen LogP contribution in [0.3, 0.4) is 0 Å². The first-order chi connectivity index (χ1) is 14.4. The van der Waals surface area contributed by atoms with E-state index in [1.807, 2.05) is 0 Å². The molecule has 30 heavy (non-hydrogen) atoms. The molecule has 7 nitrogen and oxygen atoms in total. The third-order valence-electron chi connectivity index (χ3n) is 4.31. The number of esters is 2. The number of nitrogens with one attached hydrogen (secondary N) is 1. The van der Waals surface area contributed by atoms with Gasteiger partial charge >= 0.3 is 18.6 Å². The van der Waals surface area contributed by atoms with Crippen LogP contribution in [0.25, 0.3) is 0 Å². The molecule has 0 saturated heterocycles. The topological polar surface area (TPSA) is 90.9 Å². The number of benzene rings is 1. The number of aryl methyl sites for hydroxylation is 1. The number of ether oxygens (including phenoxy) is 3. The summed E-state index contributed by atoms with van der Waals surface area (Å²) in [7, 11) is 0. The Morgan fingerprint density at radius 1 is 1.13 bits per heavy atom. The lowest BCUT2D eigenvalue weighted by molar-refractivity contribution is -0.119. The molecular formula is C20H19F2NO6S. The van der Waals surface area contributed by atoms with Gasteiger partial charge in [-0.1, -0.05) is 12.1 Å². The van der Waals surface area contributed by atoms with Gasteiger partial charge in [-0.3, -0.25) is 4.79 Å². The minimum absolute atomic E-state index is 0.203. The van der Waals surface area contributed by atoms with Crippen molar-refractivity contribution in [2.45, 2.75) is 32.8 Å². The summed E-state index contributed by atoms with van der Waals surface area (Å²) in [5.41, 5.74) is 0.987. The predicted octanol–water partition coefficient (Wildman–Crippen LogP) is 3.81. The molecule has 0 unspecified atom stereocenters. The van der Waals surface area contributed by atoms with Gasteiger partial charge in [0, 0.05) is 4.88 Å². The number of amides is 1. The maximum Gasteiger partial charge on any atom is 0.387 e. The Balaban J connectivity index is 1.66. The van der Waals surface area contributed by atoms with Crippen molar-refractivity contribution in [3.8, 4) is 5.75 Å². The molecule has 0 aliphatic heterocycles. The lowest BCUT2D eigenvalue weighted by atomic mass is 10.1. The number of para-hydroxylation sites is 1. The van der Waals surface area contributed by atoms with Crippen LogP contribution in [0.15, 0.2) is 24.3 Å². The molecule has 1 aromatic heterocycles. The van der Waals surface area contributed by atoms with Gasteiger partial charge in [-0.05, 0) is 43.9 Å². The highest BCUT2D eigenvalue weighted by Crippen LogP contribution is 2.39. The number of thiophene rings is 1. The van der Waals surface area contributed by atoms with Crippen LogP contribution in [0, 0.1) is 0 Å². The van der Waals surface area contributed by atoms with Gasteiger partial charge in [0.05, 0.1) is 12.2 Å². The molecule has 1 aliphatic rings. The number of carbonyl (C=O) groups excluding carboxylic acids is 3. The normalized spacial score (nSPS) is 12.4. The van der Waals surface area contributed by atoms with Crippen LogP contribution in [-0.4, -0.2) is 37.7 Å². The van der Waals surface area contributed by atoms with E-state index < -0.39 is 31.1 Å².